The van der Waals surface area contributed by atoms with Crippen molar-refractivity contribution in [3.05, 3.63) is 41.0 Å². The van der Waals surface area contributed by atoms with Gasteiger partial charge in [-0.15, -0.1) is 0 Å². The minimum absolute atomic E-state index is 0.153. The van der Waals surface area contributed by atoms with Gasteiger partial charge in [0, 0.05) is 6.07 Å². The van der Waals surface area contributed by atoms with Crippen LogP contribution in [0.3, 0.4) is 0 Å². The van der Waals surface area contributed by atoms with E-state index in [1.165, 1.54) is 0 Å². The Kier molecular flexibility index (Phi) is 4.59. The molecule has 2 atom stereocenters. The van der Waals surface area contributed by atoms with Gasteiger partial charge in [0.25, 0.3) is 0 Å². The normalized spacial score (nSPS) is 21.6. The van der Waals surface area contributed by atoms with Gasteiger partial charge in [-0.2, -0.15) is 0 Å². The van der Waals surface area contributed by atoms with Gasteiger partial charge in [-0.3, -0.25) is 9.59 Å². The van der Waals surface area contributed by atoms with E-state index in [4.69, 9.17) is 0 Å². The first-order valence-corrected chi connectivity index (χ1v) is 6.93. The first kappa shape index (κ1) is 16.1. The Morgan fingerprint density at radius 3 is 2.27 bits per heavy atom. The number of hydrogen-bond donors (Lipinski definition) is 2. The molecular weight excluding hydrogens is 292 g/mol. The number of carboxylic acid groups (broad SMARTS) is 1. The summed E-state index contributed by atoms with van der Waals surface area (Å²) in [5.41, 5.74) is 1.78. The van der Waals surface area contributed by atoms with Crippen LogP contribution in [0.4, 0.5) is 14.5 Å². The fourth-order valence-electron chi connectivity index (χ4n) is 2.64. The van der Waals surface area contributed by atoms with E-state index in [1.807, 2.05) is 13.8 Å². The molecule has 4 nitrogen and oxygen atoms in total. The minimum Gasteiger partial charge on any atom is -0.481 e. The molecule has 118 valence electrons. The number of benzene rings is 1. The zero-order chi connectivity index (χ0) is 16.4. The number of amides is 1. The summed E-state index contributed by atoms with van der Waals surface area (Å²) in [4.78, 5) is 23.7. The molecule has 0 unspecified atom stereocenters. The molecule has 2 rings (SSSR count). The number of nitrogens with one attached hydrogen (secondary N) is 1. The van der Waals surface area contributed by atoms with Gasteiger partial charge in [0.05, 0.1) is 17.5 Å². The lowest BCUT2D eigenvalue weighted by Crippen LogP contribution is -2.36. The van der Waals surface area contributed by atoms with Crippen molar-refractivity contribution in [1.29, 1.82) is 0 Å². The van der Waals surface area contributed by atoms with Gasteiger partial charge in [0.15, 0.2) is 0 Å². The Morgan fingerprint density at radius 2 is 1.73 bits per heavy atom. The summed E-state index contributed by atoms with van der Waals surface area (Å²) in [6.45, 7) is 3.70. The summed E-state index contributed by atoms with van der Waals surface area (Å²) in [7, 11) is 0. The van der Waals surface area contributed by atoms with Crippen molar-refractivity contribution in [2.75, 3.05) is 5.32 Å². The lowest BCUT2D eigenvalue weighted by atomic mass is 9.76. The standard InChI is InChI=1S/C16H17F2NO3/c1-8-5-11(12(16(21)22)6-9(8)2)15(20)19-14-4-3-10(17)7-13(14)18/h3-4,7,11-12H,5-6H2,1-2H3,(H,19,20)(H,21,22)/t11-,12-/m1/s1. The number of carbonyl (C=O) groups excluding carboxylic acids is 1. The molecule has 1 aliphatic rings. The van der Waals surface area contributed by atoms with E-state index in [1.54, 1.807) is 0 Å². The first-order valence-electron chi connectivity index (χ1n) is 6.93. The van der Waals surface area contributed by atoms with E-state index >= 15 is 0 Å². The Balaban J connectivity index is 2.21. The minimum atomic E-state index is -1.05. The predicted molar refractivity (Wildman–Crippen MR) is 77.2 cm³/mol. The summed E-state index contributed by atoms with van der Waals surface area (Å²) < 4.78 is 26.5. The van der Waals surface area contributed by atoms with Crippen molar-refractivity contribution in [2.45, 2.75) is 26.7 Å². The second-order valence-corrected chi connectivity index (χ2v) is 5.63. The molecule has 1 aliphatic carbocycles. The quantitative estimate of drug-likeness (QED) is 0.841. The average Bonchev–Trinajstić information content (AvgIpc) is 2.44. The van der Waals surface area contributed by atoms with E-state index in [0.717, 1.165) is 23.3 Å². The van der Waals surface area contributed by atoms with E-state index in [2.05, 4.69) is 5.32 Å². The predicted octanol–water partition coefficient (Wildman–Crippen LogP) is 3.35. The Hall–Kier alpha value is -2.24. The third-order valence-corrected chi connectivity index (χ3v) is 4.11. The summed E-state index contributed by atoms with van der Waals surface area (Å²) in [5.74, 6) is -4.86. The monoisotopic (exact) mass is 309 g/mol. The fourth-order valence-corrected chi connectivity index (χ4v) is 2.64. The molecule has 0 aromatic heterocycles. The van der Waals surface area contributed by atoms with Gasteiger partial charge < -0.3 is 10.4 Å². The largest absolute Gasteiger partial charge is 0.481 e. The Labute approximate surface area is 126 Å². The van der Waals surface area contributed by atoms with E-state index in [9.17, 15) is 23.5 Å². The molecule has 0 spiro atoms. The molecule has 0 aliphatic heterocycles. The van der Waals surface area contributed by atoms with Crippen LogP contribution in [-0.4, -0.2) is 17.0 Å². The van der Waals surface area contributed by atoms with E-state index in [0.29, 0.717) is 18.9 Å². The van der Waals surface area contributed by atoms with Crippen LogP contribution in [0.15, 0.2) is 29.3 Å². The van der Waals surface area contributed by atoms with E-state index in [-0.39, 0.29) is 5.69 Å². The molecule has 6 heteroatoms. The van der Waals surface area contributed by atoms with Crippen LogP contribution in [0.1, 0.15) is 26.7 Å². The van der Waals surface area contributed by atoms with Gasteiger partial charge >= 0.3 is 5.97 Å². The maximum atomic E-state index is 13.6. The maximum absolute atomic E-state index is 13.6. The SMILES string of the molecule is CC1=C(C)C[C@@H](C(=O)Nc2ccc(F)cc2F)[C@H](C(=O)O)C1. The second-order valence-electron chi connectivity index (χ2n) is 5.63. The first-order chi connectivity index (χ1) is 10.3. The molecule has 0 heterocycles. The molecule has 0 fully saturated rings. The highest BCUT2D eigenvalue weighted by Crippen LogP contribution is 2.35. The van der Waals surface area contributed by atoms with Gasteiger partial charge in [-0.25, -0.2) is 8.78 Å². The molecule has 2 N–H and O–H groups in total. The number of aliphatic carboxylic acids is 1. The highest BCUT2D eigenvalue weighted by Gasteiger charge is 2.37. The van der Waals surface area contributed by atoms with Crippen LogP contribution in [-0.2, 0) is 9.59 Å². The number of allylic oxidation sites excluding steroid dienone is 2. The highest BCUT2D eigenvalue weighted by atomic mass is 19.1. The molecule has 0 saturated carbocycles. The average molecular weight is 309 g/mol. The third kappa shape index (κ3) is 3.32. The summed E-state index contributed by atoms with van der Waals surface area (Å²) in [5, 5.41) is 11.7. The van der Waals surface area contributed by atoms with Gasteiger partial charge in [0.2, 0.25) is 5.91 Å². The molecule has 1 aromatic carbocycles. The molecule has 22 heavy (non-hydrogen) atoms. The van der Waals surface area contributed by atoms with Crippen molar-refractivity contribution < 1.29 is 23.5 Å². The highest BCUT2D eigenvalue weighted by molar-refractivity contribution is 5.95. The second kappa shape index (κ2) is 6.25. The number of carbonyl (C=O) groups is 2. The number of halogens is 2. The van der Waals surface area contributed by atoms with Gasteiger partial charge in [0.1, 0.15) is 11.6 Å². The van der Waals surface area contributed by atoms with Crippen LogP contribution in [0.5, 0.6) is 0 Å². The van der Waals surface area contributed by atoms with Crippen LogP contribution >= 0.6 is 0 Å². The van der Waals surface area contributed by atoms with E-state index < -0.39 is 35.3 Å². The number of anilines is 1. The van der Waals surface area contributed by atoms with Crippen LogP contribution in [0.2, 0.25) is 0 Å². The van der Waals surface area contributed by atoms with Gasteiger partial charge in [-0.1, -0.05) is 11.1 Å². The smallest absolute Gasteiger partial charge is 0.307 e. The lowest BCUT2D eigenvalue weighted by molar-refractivity contribution is -0.146. The van der Waals surface area contributed by atoms with Crippen molar-refractivity contribution in [2.24, 2.45) is 11.8 Å². The lowest BCUT2D eigenvalue weighted by Gasteiger charge is -2.29. The Morgan fingerprint density at radius 1 is 1.14 bits per heavy atom. The van der Waals surface area contributed by atoms with Crippen molar-refractivity contribution in [3.63, 3.8) is 0 Å². The molecule has 1 aromatic rings. The molecule has 0 saturated heterocycles. The van der Waals surface area contributed by atoms with Crippen molar-refractivity contribution in [1.82, 2.24) is 0 Å². The number of carboxylic acids is 1. The molecular formula is C16H17F2NO3. The van der Waals surface area contributed by atoms with Crippen molar-refractivity contribution >= 4 is 17.6 Å². The van der Waals surface area contributed by atoms with Crippen molar-refractivity contribution in [3.8, 4) is 0 Å². The summed E-state index contributed by atoms with van der Waals surface area (Å²) >= 11 is 0. The van der Waals surface area contributed by atoms with Crippen LogP contribution < -0.4 is 5.32 Å². The molecule has 0 bridgehead atoms. The molecule has 1 amide bonds. The number of hydrogen-bond acceptors (Lipinski definition) is 2. The third-order valence-electron chi connectivity index (χ3n) is 4.11. The summed E-state index contributed by atoms with van der Waals surface area (Å²) in [6, 6.07) is 2.82. The fraction of sp³-hybridized carbons (Fsp3) is 0.375. The maximum Gasteiger partial charge on any atom is 0.307 e. The zero-order valence-corrected chi connectivity index (χ0v) is 12.3. The Bertz CT molecular complexity index is 655. The van der Waals surface area contributed by atoms with Crippen LogP contribution in [0.25, 0.3) is 0 Å². The summed E-state index contributed by atoms with van der Waals surface area (Å²) in [6.07, 6.45) is 0.614. The van der Waals surface area contributed by atoms with Gasteiger partial charge in [-0.05, 0) is 38.8 Å². The topological polar surface area (TPSA) is 66.4 Å². The number of rotatable bonds is 3. The molecule has 0 radical (unpaired) electrons. The zero-order valence-electron chi connectivity index (χ0n) is 12.3. The van der Waals surface area contributed by atoms with Crippen LogP contribution in [0, 0.1) is 23.5 Å².